The van der Waals surface area contributed by atoms with Gasteiger partial charge in [-0.15, -0.1) is 11.3 Å². The Morgan fingerprint density at radius 3 is 3.27 bits per heavy atom. The van der Waals surface area contributed by atoms with E-state index in [0.717, 1.165) is 17.2 Å². The fraction of sp³-hybridized carbons (Fsp3) is 0.500. The van der Waals surface area contributed by atoms with E-state index < -0.39 is 0 Å². The number of likely N-dealkylation sites (N-methyl/N-ethyl adjacent to an activating group) is 1. The summed E-state index contributed by atoms with van der Waals surface area (Å²) in [6.07, 6.45) is 4.24. The lowest BCUT2D eigenvalue weighted by Gasteiger charge is -2.10. The van der Waals surface area contributed by atoms with Gasteiger partial charge in [0, 0.05) is 24.3 Å². The van der Waals surface area contributed by atoms with E-state index in [9.17, 15) is 0 Å². The summed E-state index contributed by atoms with van der Waals surface area (Å²) in [7, 11) is 1.92. The van der Waals surface area contributed by atoms with Gasteiger partial charge >= 0.3 is 0 Å². The number of hydrogen-bond acceptors (Lipinski definition) is 4. The van der Waals surface area contributed by atoms with Gasteiger partial charge in [0.05, 0.1) is 18.4 Å². The third kappa shape index (κ3) is 2.56. The van der Waals surface area contributed by atoms with Gasteiger partial charge in [0.2, 0.25) is 0 Å². The number of fused-ring (bicyclic) bond motifs is 1. The van der Waals surface area contributed by atoms with Crippen LogP contribution in [-0.4, -0.2) is 29.1 Å². The number of imidazole rings is 1. The summed E-state index contributed by atoms with van der Waals surface area (Å²) in [6.45, 7) is 3.49. The molecule has 0 saturated carbocycles. The lowest BCUT2D eigenvalue weighted by Crippen LogP contribution is -2.23. The SMILES string of the molecule is CNCC(C)OCc1cn2ccsc2n1. The largest absolute Gasteiger partial charge is 0.371 e. The minimum Gasteiger partial charge on any atom is -0.371 e. The Balaban J connectivity index is 1.92. The first-order valence-corrected chi connectivity index (χ1v) is 5.85. The van der Waals surface area contributed by atoms with Gasteiger partial charge in [-0.3, -0.25) is 4.40 Å². The van der Waals surface area contributed by atoms with Crippen molar-refractivity contribution in [2.75, 3.05) is 13.6 Å². The topological polar surface area (TPSA) is 38.6 Å². The van der Waals surface area contributed by atoms with Crippen LogP contribution < -0.4 is 5.32 Å². The van der Waals surface area contributed by atoms with Crippen LogP contribution in [0.5, 0.6) is 0 Å². The van der Waals surface area contributed by atoms with Crippen LogP contribution in [0.1, 0.15) is 12.6 Å². The molecule has 0 amide bonds. The minimum absolute atomic E-state index is 0.217. The molecule has 1 N–H and O–H groups in total. The smallest absolute Gasteiger partial charge is 0.193 e. The molecule has 0 fully saturated rings. The van der Waals surface area contributed by atoms with Gasteiger partial charge < -0.3 is 10.1 Å². The van der Waals surface area contributed by atoms with Crippen molar-refractivity contribution in [1.29, 1.82) is 0 Å². The number of rotatable bonds is 5. The Labute approximate surface area is 92.9 Å². The van der Waals surface area contributed by atoms with Crippen molar-refractivity contribution in [3.8, 4) is 0 Å². The fourth-order valence-electron chi connectivity index (χ4n) is 1.42. The molecule has 2 heterocycles. The highest BCUT2D eigenvalue weighted by atomic mass is 32.1. The van der Waals surface area contributed by atoms with Gasteiger partial charge in [-0.25, -0.2) is 4.98 Å². The van der Waals surface area contributed by atoms with Crippen molar-refractivity contribution in [3.63, 3.8) is 0 Å². The molecule has 2 aromatic heterocycles. The average Bonchev–Trinajstić information content (AvgIpc) is 2.74. The molecule has 0 saturated heterocycles. The molecule has 15 heavy (non-hydrogen) atoms. The summed E-state index contributed by atoms with van der Waals surface area (Å²) in [5.74, 6) is 0. The molecule has 0 bridgehead atoms. The van der Waals surface area contributed by atoms with E-state index in [1.807, 2.05) is 29.2 Å². The van der Waals surface area contributed by atoms with Crippen molar-refractivity contribution in [2.24, 2.45) is 0 Å². The number of hydrogen-bond donors (Lipinski definition) is 1. The van der Waals surface area contributed by atoms with Crippen LogP contribution >= 0.6 is 11.3 Å². The van der Waals surface area contributed by atoms with E-state index in [-0.39, 0.29) is 6.10 Å². The highest BCUT2D eigenvalue weighted by molar-refractivity contribution is 7.15. The highest BCUT2D eigenvalue weighted by Crippen LogP contribution is 2.12. The zero-order valence-electron chi connectivity index (χ0n) is 8.93. The number of nitrogens with zero attached hydrogens (tertiary/aromatic N) is 2. The summed E-state index contributed by atoms with van der Waals surface area (Å²) >= 11 is 1.64. The molecular weight excluding hydrogens is 210 g/mol. The van der Waals surface area contributed by atoms with E-state index in [1.165, 1.54) is 0 Å². The molecule has 1 unspecified atom stereocenters. The third-order valence-electron chi connectivity index (χ3n) is 2.15. The van der Waals surface area contributed by atoms with Gasteiger partial charge in [0.25, 0.3) is 0 Å². The molecule has 1 atom stereocenters. The van der Waals surface area contributed by atoms with Crippen LogP contribution in [0.25, 0.3) is 4.96 Å². The predicted molar refractivity (Wildman–Crippen MR) is 61.2 cm³/mol. The zero-order chi connectivity index (χ0) is 10.7. The highest BCUT2D eigenvalue weighted by Gasteiger charge is 2.05. The second kappa shape index (κ2) is 4.74. The predicted octanol–water partition coefficient (Wildman–Crippen LogP) is 1.52. The number of aromatic nitrogens is 2. The Hall–Kier alpha value is -0.910. The first-order valence-electron chi connectivity index (χ1n) is 4.97. The first kappa shape index (κ1) is 10.6. The molecular formula is C10H15N3OS. The quantitative estimate of drug-likeness (QED) is 0.838. The van der Waals surface area contributed by atoms with E-state index in [0.29, 0.717) is 6.61 Å². The standard InChI is InChI=1S/C10H15N3OS/c1-8(5-11-2)14-7-9-6-13-3-4-15-10(13)12-9/h3-4,6,8,11H,5,7H2,1-2H3. The monoisotopic (exact) mass is 225 g/mol. The second-order valence-corrected chi connectivity index (χ2v) is 4.38. The van der Waals surface area contributed by atoms with Crippen LogP contribution in [0, 0.1) is 0 Å². The van der Waals surface area contributed by atoms with Gasteiger partial charge in [-0.2, -0.15) is 0 Å². The van der Waals surface area contributed by atoms with Crippen LogP contribution in [0.3, 0.4) is 0 Å². The number of nitrogens with one attached hydrogen (secondary N) is 1. The molecule has 0 aliphatic carbocycles. The Kier molecular flexibility index (Phi) is 3.35. The molecule has 2 rings (SSSR count). The van der Waals surface area contributed by atoms with Crippen molar-refractivity contribution in [1.82, 2.24) is 14.7 Å². The van der Waals surface area contributed by atoms with Gasteiger partial charge in [-0.1, -0.05) is 0 Å². The van der Waals surface area contributed by atoms with Crippen molar-refractivity contribution in [3.05, 3.63) is 23.5 Å². The molecule has 82 valence electrons. The maximum atomic E-state index is 5.63. The molecule has 0 aliphatic rings. The van der Waals surface area contributed by atoms with Crippen molar-refractivity contribution >= 4 is 16.3 Å². The normalized spacial score (nSPS) is 13.5. The average molecular weight is 225 g/mol. The Morgan fingerprint density at radius 2 is 2.53 bits per heavy atom. The van der Waals surface area contributed by atoms with Crippen LogP contribution in [0.15, 0.2) is 17.8 Å². The minimum atomic E-state index is 0.217. The third-order valence-corrected chi connectivity index (χ3v) is 2.92. The van der Waals surface area contributed by atoms with E-state index >= 15 is 0 Å². The van der Waals surface area contributed by atoms with Crippen LogP contribution in [-0.2, 0) is 11.3 Å². The van der Waals surface area contributed by atoms with Gasteiger partial charge in [-0.05, 0) is 14.0 Å². The van der Waals surface area contributed by atoms with Crippen molar-refractivity contribution in [2.45, 2.75) is 19.6 Å². The van der Waals surface area contributed by atoms with Crippen LogP contribution in [0.4, 0.5) is 0 Å². The van der Waals surface area contributed by atoms with Gasteiger partial charge in [0.1, 0.15) is 0 Å². The van der Waals surface area contributed by atoms with Crippen molar-refractivity contribution < 1.29 is 4.74 Å². The summed E-state index contributed by atoms with van der Waals surface area (Å²) < 4.78 is 7.65. The first-order chi connectivity index (χ1) is 7.29. The maximum Gasteiger partial charge on any atom is 0.193 e. The summed E-state index contributed by atoms with van der Waals surface area (Å²) in [5.41, 5.74) is 0.991. The summed E-state index contributed by atoms with van der Waals surface area (Å²) in [6, 6.07) is 0. The van der Waals surface area contributed by atoms with E-state index in [4.69, 9.17) is 4.74 Å². The maximum absolute atomic E-state index is 5.63. The van der Waals surface area contributed by atoms with Crippen LogP contribution in [0.2, 0.25) is 0 Å². The van der Waals surface area contributed by atoms with Gasteiger partial charge in [0.15, 0.2) is 4.96 Å². The summed E-state index contributed by atoms with van der Waals surface area (Å²) in [4.78, 5) is 5.46. The lowest BCUT2D eigenvalue weighted by molar-refractivity contribution is 0.0527. The molecule has 5 heteroatoms. The molecule has 0 aliphatic heterocycles. The lowest BCUT2D eigenvalue weighted by atomic mass is 10.4. The fourth-order valence-corrected chi connectivity index (χ4v) is 2.14. The Morgan fingerprint density at radius 1 is 1.67 bits per heavy atom. The summed E-state index contributed by atoms with van der Waals surface area (Å²) in [5, 5.41) is 5.10. The number of thiazole rings is 1. The van der Waals surface area contributed by atoms with E-state index in [2.05, 4.69) is 17.2 Å². The second-order valence-electron chi connectivity index (χ2n) is 3.50. The molecule has 2 aromatic rings. The van der Waals surface area contributed by atoms with E-state index in [1.54, 1.807) is 11.3 Å². The Bertz CT molecular complexity index is 394. The molecule has 0 spiro atoms. The molecule has 0 aromatic carbocycles. The molecule has 0 radical (unpaired) electrons. The zero-order valence-corrected chi connectivity index (χ0v) is 9.75. The molecule has 4 nitrogen and oxygen atoms in total. The number of ether oxygens (including phenoxy) is 1.